The van der Waals surface area contributed by atoms with Crippen molar-refractivity contribution in [1.29, 1.82) is 0 Å². The molecule has 0 aliphatic carbocycles. The summed E-state index contributed by atoms with van der Waals surface area (Å²) in [7, 11) is 0. The monoisotopic (exact) mass is 328 g/mol. The van der Waals surface area contributed by atoms with Crippen LogP contribution in [0.5, 0.6) is 5.75 Å². The average Bonchev–Trinajstić information content (AvgIpc) is 2.78. The maximum Gasteiger partial charge on any atom is 0.261 e. The molecule has 0 aliphatic rings. The van der Waals surface area contributed by atoms with E-state index in [1.165, 1.54) is 0 Å². The highest BCUT2D eigenvalue weighted by atomic mass is 79.9. The highest BCUT2D eigenvalue weighted by molar-refractivity contribution is 9.10. The minimum absolute atomic E-state index is 0.130. The lowest BCUT2D eigenvalue weighted by Crippen LogP contribution is -1.90. The highest BCUT2D eigenvalue weighted by Gasteiger charge is 2.13. The van der Waals surface area contributed by atoms with Crippen LogP contribution in [-0.2, 0) is 5.75 Å². The molecule has 0 unspecified atom stereocenters. The summed E-state index contributed by atoms with van der Waals surface area (Å²) in [5, 5.41) is 14.2. The van der Waals surface area contributed by atoms with Crippen LogP contribution >= 0.6 is 27.7 Å². The van der Waals surface area contributed by atoms with Crippen LogP contribution in [0, 0.1) is 0 Å². The van der Waals surface area contributed by atoms with Crippen molar-refractivity contribution in [2.24, 2.45) is 0 Å². The first-order valence-corrected chi connectivity index (χ1v) is 7.33. The second kappa shape index (κ2) is 5.75. The van der Waals surface area contributed by atoms with E-state index < -0.39 is 0 Å². The number of rotatable bonds is 4. The zero-order valence-electron chi connectivity index (χ0n) is 10.1. The van der Waals surface area contributed by atoms with Gasteiger partial charge in [0.05, 0.1) is 11.3 Å². The molecule has 4 nitrogen and oxygen atoms in total. The minimum Gasteiger partial charge on any atom is -0.507 e. The number of hydrogen-bond acceptors (Lipinski definition) is 5. The van der Waals surface area contributed by atoms with E-state index in [-0.39, 0.29) is 5.75 Å². The molecule has 0 bridgehead atoms. The molecule has 0 saturated carbocycles. The summed E-state index contributed by atoms with van der Waals surface area (Å²) in [4.78, 5) is 4.27. The van der Waals surface area contributed by atoms with Gasteiger partial charge in [0.1, 0.15) is 5.75 Å². The lowest BCUT2D eigenvalue weighted by atomic mass is 10.2. The Kier molecular flexibility index (Phi) is 4.29. The van der Waals surface area contributed by atoms with Gasteiger partial charge in [-0.05, 0) is 23.4 Å². The smallest absolute Gasteiger partial charge is 0.261 e. The van der Waals surface area contributed by atoms with Gasteiger partial charge in [-0.25, -0.2) is 0 Å². The molecule has 0 radical (unpaired) electrons. The third-order valence-electron chi connectivity index (χ3n) is 2.20. The molecule has 0 aliphatic heterocycles. The van der Waals surface area contributed by atoms with Crippen LogP contribution in [0.4, 0.5) is 0 Å². The molecular weight excluding hydrogens is 316 g/mol. The summed E-state index contributed by atoms with van der Waals surface area (Å²) in [6, 6.07) is 5.10. The normalized spacial score (nSPS) is 11.1. The number of phenols is 1. The number of hydrogen-bond donors (Lipinski definition) is 1. The van der Waals surface area contributed by atoms with Crippen molar-refractivity contribution >= 4 is 27.7 Å². The van der Waals surface area contributed by atoms with Gasteiger partial charge in [0.2, 0.25) is 0 Å². The third-order valence-corrected chi connectivity index (χ3v) is 3.79. The van der Waals surface area contributed by atoms with Gasteiger partial charge in [-0.1, -0.05) is 34.9 Å². The fraction of sp³-hybridized carbons (Fsp3) is 0.333. The standard InChI is InChI=1S/C12H13BrN2O2S/c1-7(2)18-6-11-14-12(17-15-11)9-5-8(13)3-4-10(9)16/h3-5,7,16H,6H2,1-2H3. The SMILES string of the molecule is CC(C)SCc1noc(-c2cc(Br)ccc2O)n1. The summed E-state index contributed by atoms with van der Waals surface area (Å²) in [5.74, 6) is 1.82. The number of halogens is 1. The maximum atomic E-state index is 9.76. The molecule has 1 aromatic carbocycles. The molecule has 18 heavy (non-hydrogen) atoms. The Morgan fingerprint density at radius 3 is 2.94 bits per heavy atom. The van der Waals surface area contributed by atoms with Crippen molar-refractivity contribution in [3.8, 4) is 17.2 Å². The highest BCUT2D eigenvalue weighted by Crippen LogP contribution is 2.31. The topological polar surface area (TPSA) is 59.2 Å². The van der Waals surface area contributed by atoms with Gasteiger partial charge in [0.25, 0.3) is 5.89 Å². The number of thioether (sulfide) groups is 1. The van der Waals surface area contributed by atoms with E-state index in [1.807, 2.05) is 0 Å². The van der Waals surface area contributed by atoms with Crippen LogP contribution in [0.3, 0.4) is 0 Å². The summed E-state index contributed by atoms with van der Waals surface area (Å²) >= 11 is 5.09. The molecule has 1 N–H and O–H groups in total. The zero-order chi connectivity index (χ0) is 13.1. The van der Waals surface area contributed by atoms with Gasteiger partial charge in [-0.15, -0.1) is 0 Å². The number of aromatic hydroxyl groups is 1. The lowest BCUT2D eigenvalue weighted by Gasteiger charge is -2.00. The van der Waals surface area contributed by atoms with Crippen LogP contribution in [0.25, 0.3) is 11.5 Å². The van der Waals surface area contributed by atoms with E-state index in [1.54, 1.807) is 30.0 Å². The van der Waals surface area contributed by atoms with Crippen molar-refractivity contribution in [2.75, 3.05) is 0 Å². The Morgan fingerprint density at radius 1 is 1.44 bits per heavy atom. The van der Waals surface area contributed by atoms with Crippen molar-refractivity contribution in [1.82, 2.24) is 10.1 Å². The van der Waals surface area contributed by atoms with Gasteiger partial charge in [0.15, 0.2) is 5.82 Å². The first kappa shape index (κ1) is 13.4. The molecule has 0 amide bonds. The Hall–Kier alpha value is -1.01. The molecule has 0 spiro atoms. The van der Waals surface area contributed by atoms with E-state index in [0.717, 1.165) is 4.47 Å². The maximum absolute atomic E-state index is 9.76. The summed E-state index contributed by atoms with van der Waals surface area (Å²) in [6.45, 7) is 4.23. The number of nitrogens with zero attached hydrogens (tertiary/aromatic N) is 2. The molecule has 1 heterocycles. The Morgan fingerprint density at radius 2 is 2.22 bits per heavy atom. The van der Waals surface area contributed by atoms with Crippen LogP contribution < -0.4 is 0 Å². The predicted octanol–water partition coefficient (Wildman–Crippen LogP) is 3.85. The molecule has 1 aromatic heterocycles. The molecular formula is C12H13BrN2O2S. The third kappa shape index (κ3) is 3.26. The van der Waals surface area contributed by atoms with E-state index in [2.05, 4.69) is 39.9 Å². The van der Waals surface area contributed by atoms with Crippen LogP contribution in [0.2, 0.25) is 0 Å². The number of aromatic nitrogens is 2. The predicted molar refractivity (Wildman–Crippen MR) is 75.5 cm³/mol. The molecule has 2 rings (SSSR count). The molecule has 6 heteroatoms. The van der Waals surface area contributed by atoms with Gasteiger partial charge in [-0.2, -0.15) is 16.7 Å². The van der Waals surface area contributed by atoms with E-state index in [9.17, 15) is 5.11 Å². The first-order valence-electron chi connectivity index (χ1n) is 5.49. The second-order valence-electron chi connectivity index (χ2n) is 4.04. The quantitative estimate of drug-likeness (QED) is 0.923. The second-order valence-corrected chi connectivity index (χ2v) is 6.52. The lowest BCUT2D eigenvalue weighted by molar-refractivity contribution is 0.419. The fourth-order valence-corrected chi connectivity index (χ4v) is 2.30. The van der Waals surface area contributed by atoms with E-state index in [0.29, 0.717) is 28.3 Å². The Labute approximate surface area is 118 Å². The fourth-order valence-electron chi connectivity index (χ4n) is 1.34. The number of phenolic OH excluding ortho intramolecular Hbond substituents is 1. The molecule has 0 saturated heterocycles. The molecule has 0 atom stereocenters. The average molecular weight is 329 g/mol. The summed E-state index contributed by atoms with van der Waals surface area (Å²) < 4.78 is 6.02. The van der Waals surface area contributed by atoms with Crippen molar-refractivity contribution < 1.29 is 9.63 Å². The van der Waals surface area contributed by atoms with Gasteiger partial charge >= 0.3 is 0 Å². The molecule has 2 aromatic rings. The summed E-state index contributed by atoms with van der Waals surface area (Å²) in [6.07, 6.45) is 0. The molecule has 0 fully saturated rings. The first-order chi connectivity index (χ1) is 8.56. The van der Waals surface area contributed by atoms with Crippen LogP contribution in [0.15, 0.2) is 27.2 Å². The Bertz CT molecular complexity index is 543. The largest absolute Gasteiger partial charge is 0.507 e. The zero-order valence-corrected chi connectivity index (χ0v) is 12.5. The Balaban J connectivity index is 2.21. The van der Waals surface area contributed by atoms with Crippen LogP contribution in [-0.4, -0.2) is 20.5 Å². The van der Waals surface area contributed by atoms with E-state index in [4.69, 9.17) is 4.52 Å². The van der Waals surface area contributed by atoms with Crippen molar-refractivity contribution in [2.45, 2.75) is 24.9 Å². The minimum atomic E-state index is 0.130. The number of benzene rings is 1. The van der Waals surface area contributed by atoms with Crippen molar-refractivity contribution in [3.05, 3.63) is 28.5 Å². The van der Waals surface area contributed by atoms with Gasteiger partial charge < -0.3 is 9.63 Å². The molecule has 96 valence electrons. The van der Waals surface area contributed by atoms with Crippen molar-refractivity contribution in [3.63, 3.8) is 0 Å². The van der Waals surface area contributed by atoms with Gasteiger partial charge in [-0.3, -0.25) is 0 Å². The van der Waals surface area contributed by atoms with Gasteiger partial charge in [0, 0.05) is 4.47 Å². The van der Waals surface area contributed by atoms with Crippen LogP contribution in [0.1, 0.15) is 19.7 Å². The summed E-state index contributed by atoms with van der Waals surface area (Å²) in [5.41, 5.74) is 0.540. The van der Waals surface area contributed by atoms with E-state index >= 15 is 0 Å².